The molecular formula is C12H18FN3O. The summed E-state index contributed by atoms with van der Waals surface area (Å²) in [6.45, 7) is 2.96. The number of hydrogen-bond donors (Lipinski definition) is 2. The fourth-order valence-electron chi connectivity index (χ4n) is 1.85. The van der Waals surface area contributed by atoms with Crippen LogP contribution >= 0.6 is 0 Å². The van der Waals surface area contributed by atoms with E-state index < -0.39 is 5.91 Å². The Bertz CT molecular complexity index is 384. The Kier molecular flexibility index (Phi) is 5.06. The van der Waals surface area contributed by atoms with Crippen molar-refractivity contribution in [3.8, 4) is 0 Å². The lowest BCUT2D eigenvalue weighted by atomic mass is 10.1. The molecule has 0 aliphatic carbocycles. The molecule has 0 aromatic heterocycles. The number of likely N-dealkylation sites (N-methyl/N-ethyl adjacent to an activating group) is 1. The van der Waals surface area contributed by atoms with Crippen molar-refractivity contribution in [2.24, 2.45) is 11.5 Å². The molecule has 94 valence electrons. The van der Waals surface area contributed by atoms with Gasteiger partial charge in [-0.15, -0.1) is 0 Å². The normalized spacial score (nSPS) is 12.7. The molecule has 0 spiro atoms. The third-order valence-corrected chi connectivity index (χ3v) is 2.66. The maximum absolute atomic E-state index is 13.1. The number of hydrogen-bond acceptors (Lipinski definition) is 3. The lowest BCUT2D eigenvalue weighted by Crippen LogP contribution is -2.39. The molecule has 5 heteroatoms. The van der Waals surface area contributed by atoms with Gasteiger partial charge in [-0.3, -0.25) is 9.69 Å². The van der Waals surface area contributed by atoms with Gasteiger partial charge in [0.25, 0.3) is 0 Å². The van der Waals surface area contributed by atoms with Gasteiger partial charge >= 0.3 is 0 Å². The van der Waals surface area contributed by atoms with Gasteiger partial charge in [-0.1, -0.05) is 19.1 Å². The van der Waals surface area contributed by atoms with E-state index in [-0.39, 0.29) is 18.4 Å². The number of amides is 1. The first-order valence-electron chi connectivity index (χ1n) is 5.56. The van der Waals surface area contributed by atoms with Crippen molar-refractivity contribution in [3.63, 3.8) is 0 Å². The first kappa shape index (κ1) is 13.6. The summed E-state index contributed by atoms with van der Waals surface area (Å²) in [5.74, 6) is -0.724. The van der Waals surface area contributed by atoms with Crippen LogP contribution in [0, 0.1) is 5.82 Å². The Morgan fingerprint density at radius 1 is 1.53 bits per heavy atom. The van der Waals surface area contributed by atoms with Crippen LogP contribution in [0.5, 0.6) is 0 Å². The summed E-state index contributed by atoms with van der Waals surface area (Å²) >= 11 is 0. The van der Waals surface area contributed by atoms with Gasteiger partial charge in [0.05, 0.1) is 6.54 Å². The molecule has 17 heavy (non-hydrogen) atoms. The zero-order chi connectivity index (χ0) is 12.8. The molecule has 0 saturated heterocycles. The van der Waals surface area contributed by atoms with Crippen LogP contribution in [0.1, 0.15) is 18.5 Å². The Hall–Kier alpha value is -1.46. The highest BCUT2D eigenvalue weighted by molar-refractivity contribution is 5.76. The van der Waals surface area contributed by atoms with Gasteiger partial charge < -0.3 is 11.5 Å². The van der Waals surface area contributed by atoms with Crippen molar-refractivity contribution < 1.29 is 9.18 Å². The zero-order valence-corrected chi connectivity index (χ0v) is 9.90. The molecule has 0 saturated carbocycles. The van der Waals surface area contributed by atoms with Gasteiger partial charge in [0, 0.05) is 12.6 Å². The van der Waals surface area contributed by atoms with E-state index in [1.807, 2.05) is 11.8 Å². The fourth-order valence-corrected chi connectivity index (χ4v) is 1.85. The van der Waals surface area contributed by atoms with E-state index >= 15 is 0 Å². The third kappa shape index (κ3) is 3.80. The molecule has 1 atom stereocenters. The minimum absolute atomic E-state index is 0.120. The molecule has 1 amide bonds. The Morgan fingerprint density at radius 3 is 2.71 bits per heavy atom. The van der Waals surface area contributed by atoms with Gasteiger partial charge in [-0.05, 0) is 24.2 Å². The molecule has 4 N–H and O–H groups in total. The van der Waals surface area contributed by atoms with E-state index in [4.69, 9.17) is 11.5 Å². The molecule has 1 aromatic rings. The average molecular weight is 239 g/mol. The van der Waals surface area contributed by atoms with Crippen molar-refractivity contribution >= 4 is 5.91 Å². The number of nitrogens with two attached hydrogens (primary N) is 2. The first-order valence-corrected chi connectivity index (χ1v) is 5.56. The number of benzene rings is 1. The molecule has 1 rings (SSSR count). The summed E-state index contributed by atoms with van der Waals surface area (Å²) in [6.07, 6.45) is 0. The molecule has 0 aliphatic heterocycles. The van der Waals surface area contributed by atoms with Crippen LogP contribution in [0.4, 0.5) is 4.39 Å². The van der Waals surface area contributed by atoms with Gasteiger partial charge in [0.1, 0.15) is 5.82 Å². The Balaban J connectivity index is 2.92. The van der Waals surface area contributed by atoms with E-state index in [2.05, 4.69) is 0 Å². The number of carbonyl (C=O) groups excluding carboxylic acids is 1. The van der Waals surface area contributed by atoms with Crippen molar-refractivity contribution in [2.45, 2.75) is 13.0 Å². The smallest absolute Gasteiger partial charge is 0.231 e. The molecule has 0 fully saturated rings. The summed E-state index contributed by atoms with van der Waals surface area (Å²) in [4.78, 5) is 12.8. The van der Waals surface area contributed by atoms with Crippen LogP contribution in [0.2, 0.25) is 0 Å². The summed E-state index contributed by atoms with van der Waals surface area (Å²) in [5.41, 5.74) is 11.6. The molecular weight excluding hydrogens is 221 g/mol. The fraction of sp³-hybridized carbons (Fsp3) is 0.417. The second-order valence-electron chi connectivity index (χ2n) is 3.84. The Morgan fingerprint density at radius 2 is 2.24 bits per heavy atom. The lowest BCUT2D eigenvalue weighted by molar-refractivity contribution is -0.119. The van der Waals surface area contributed by atoms with Crippen LogP contribution < -0.4 is 11.5 Å². The van der Waals surface area contributed by atoms with E-state index in [1.165, 1.54) is 12.1 Å². The molecule has 0 heterocycles. The quantitative estimate of drug-likeness (QED) is 0.765. The van der Waals surface area contributed by atoms with Crippen molar-refractivity contribution in [3.05, 3.63) is 35.6 Å². The summed E-state index contributed by atoms with van der Waals surface area (Å²) in [7, 11) is 0. The van der Waals surface area contributed by atoms with Gasteiger partial charge in [0.15, 0.2) is 0 Å². The third-order valence-electron chi connectivity index (χ3n) is 2.66. The standard InChI is InChI=1S/C12H18FN3O/c1-2-16(8-12(15)17)11(7-14)9-4-3-5-10(13)6-9/h3-6,11H,2,7-8,14H2,1H3,(H2,15,17). The number of primary amides is 1. The number of nitrogens with zero attached hydrogens (tertiary/aromatic N) is 1. The van der Waals surface area contributed by atoms with Gasteiger partial charge in [-0.2, -0.15) is 0 Å². The molecule has 0 bridgehead atoms. The molecule has 1 unspecified atom stereocenters. The molecule has 0 radical (unpaired) electrons. The topological polar surface area (TPSA) is 72.3 Å². The predicted molar refractivity (Wildman–Crippen MR) is 64.6 cm³/mol. The lowest BCUT2D eigenvalue weighted by Gasteiger charge is -2.28. The van der Waals surface area contributed by atoms with Crippen LogP contribution in [-0.2, 0) is 4.79 Å². The van der Waals surface area contributed by atoms with E-state index in [0.29, 0.717) is 13.1 Å². The van der Waals surface area contributed by atoms with E-state index in [1.54, 1.807) is 12.1 Å². The van der Waals surface area contributed by atoms with E-state index in [9.17, 15) is 9.18 Å². The minimum atomic E-state index is -0.415. The van der Waals surface area contributed by atoms with Crippen molar-refractivity contribution in [2.75, 3.05) is 19.6 Å². The van der Waals surface area contributed by atoms with Crippen LogP contribution in [0.15, 0.2) is 24.3 Å². The number of halogens is 1. The highest BCUT2D eigenvalue weighted by Crippen LogP contribution is 2.19. The minimum Gasteiger partial charge on any atom is -0.369 e. The van der Waals surface area contributed by atoms with Crippen molar-refractivity contribution in [1.29, 1.82) is 0 Å². The van der Waals surface area contributed by atoms with Crippen molar-refractivity contribution in [1.82, 2.24) is 4.90 Å². The second-order valence-corrected chi connectivity index (χ2v) is 3.84. The maximum Gasteiger partial charge on any atom is 0.231 e. The van der Waals surface area contributed by atoms with Crippen LogP contribution in [-0.4, -0.2) is 30.4 Å². The second kappa shape index (κ2) is 6.32. The molecule has 0 aliphatic rings. The average Bonchev–Trinajstić information content (AvgIpc) is 2.28. The van der Waals surface area contributed by atoms with Gasteiger partial charge in [-0.25, -0.2) is 4.39 Å². The summed E-state index contributed by atoms with van der Waals surface area (Å²) in [6, 6.07) is 6.04. The summed E-state index contributed by atoms with van der Waals surface area (Å²) < 4.78 is 13.1. The molecule has 1 aromatic carbocycles. The maximum atomic E-state index is 13.1. The van der Waals surface area contributed by atoms with E-state index in [0.717, 1.165) is 5.56 Å². The number of rotatable bonds is 6. The highest BCUT2D eigenvalue weighted by atomic mass is 19.1. The SMILES string of the molecule is CCN(CC(N)=O)C(CN)c1cccc(F)c1. The monoisotopic (exact) mass is 239 g/mol. The molecule has 4 nitrogen and oxygen atoms in total. The highest BCUT2D eigenvalue weighted by Gasteiger charge is 2.19. The Labute approximate surface area is 100 Å². The summed E-state index contributed by atoms with van der Waals surface area (Å²) in [5, 5.41) is 0. The first-order chi connectivity index (χ1) is 8.08. The predicted octanol–water partition coefficient (Wildman–Crippen LogP) is 0.633. The van der Waals surface area contributed by atoms with Crippen LogP contribution in [0.3, 0.4) is 0 Å². The van der Waals surface area contributed by atoms with Gasteiger partial charge in [0.2, 0.25) is 5.91 Å². The van der Waals surface area contributed by atoms with Crippen LogP contribution in [0.25, 0.3) is 0 Å². The zero-order valence-electron chi connectivity index (χ0n) is 9.90. The largest absolute Gasteiger partial charge is 0.369 e. The number of carbonyl (C=O) groups is 1.